The molecule has 1 aliphatic carbocycles. The molecule has 1 aliphatic heterocycles. The lowest BCUT2D eigenvalue weighted by atomic mass is 9.79. The van der Waals surface area contributed by atoms with Crippen LogP contribution in [0, 0.1) is 13.8 Å². The van der Waals surface area contributed by atoms with Crippen LogP contribution in [0.2, 0.25) is 0 Å². The van der Waals surface area contributed by atoms with Gasteiger partial charge in [-0.15, -0.1) is 0 Å². The molecule has 35 heavy (non-hydrogen) atoms. The molecule has 6 nitrogen and oxygen atoms in total. The summed E-state index contributed by atoms with van der Waals surface area (Å²) in [6.07, 6.45) is 4.54. The molecule has 3 aromatic carbocycles. The smallest absolute Gasteiger partial charge is 0.322 e. The maximum absolute atomic E-state index is 13.3. The topological polar surface area (TPSA) is 92.5 Å². The van der Waals surface area contributed by atoms with Crippen molar-refractivity contribution in [3.8, 4) is 11.1 Å². The number of sulfonamides is 1. The molecule has 3 aromatic rings. The Bertz CT molecular complexity index is 1390. The zero-order valence-electron chi connectivity index (χ0n) is 20.2. The molecule has 1 heterocycles. The Balaban J connectivity index is 1.41. The summed E-state index contributed by atoms with van der Waals surface area (Å²) < 4.78 is 23.0. The Hall–Kier alpha value is -3.16. The number of carbonyl (C=O) groups excluding carboxylic acids is 1. The largest absolute Gasteiger partial charge is 0.334 e. The van der Waals surface area contributed by atoms with Crippen LogP contribution in [0.15, 0.2) is 65.6 Å². The molecule has 0 saturated heterocycles. The first-order chi connectivity index (χ1) is 16.7. The second kappa shape index (κ2) is 8.81. The summed E-state index contributed by atoms with van der Waals surface area (Å²) >= 11 is 0. The fourth-order valence-electron chi connectivity index (χ4n) is 5.63. The van der Waals surface area contributed by atoms with Gasteiger partial charge in [0.25, 0.3) is 0 Å². The summed E-state index contributed by atoms with van der Waals surface area (Å²) in [5.74, 6) is 0. The van der Waals surface area contributed by atoms with Crippen LogP contribution in [0.25, 0.3) is 11.1 Å². The van der Waals surface area contributed by atoms with Gasteiger partial charge in [0.2, 0.25) is 10.0 Å². The molecule has 182 valence electrons. The highest BCUT2D eigenvalue weighted by Crippen LogP contribution is 2.51. The highest BCUT2D eigenvalue weighted by atomic mass is 32.2. The van der Waals surface area contributed by atoms with Crippen LogP contribution < -0.4 is 15.4 Å². The number of fused-ring (bicyclic) bond motifs is 2. The fraction of sp³-hybridized carbons (Fsp3) is 0.321. The number of nitrogens with one attached hydrogen (secondary N) is 1. The van der Waals surface area contributed by atoms with E-state index in [1.54, 1.807) is 12.1 Å². The standard InChI is InChI=1S/C28H31N3O3S/c1-19-6-5-7-24(20(19)2)22-10-13-26-25(16-22)28(14-3-4-15-28)18-31(26)27(32)30-17-21-8-11-23(12-9-21)35(29,33)34/h5-13,16H,3-4,14-15,17-18H2,1-2H3,(H,30,32)(H2,29,33,34). The minimum absolute atomic E-state index is 0.0115. The van der Waals surface area contributed by atoms with Crippen molar-refractivity contribution in [2.45, 2.75) is 56.4 Å². The molecule has 1 saturated carbocycles. The van der Waals surface area contributed by atoms with Gasteiger partial charge in [-0.3, -0.25) is 4.90 Å². The lowest BCUT2D eigenvalue weighted by Gasteiger charge is -2.25. The first-order valence-electron chi connectivity index (χ1n) is 12.1. The Kier molecular flexibility index (Phi) is 5.93. The second-order valence-electron chi connectivity index (χ2n) is 9.90. The zero-order chi connectivity index (χ0) is 24.8. The zero-order valence-corrected chi connectivity index (χ0v) is 21.0. The van der Waals surface area contributed by atoms with E-state index in [4.69, 9.17) is 5.14 Å². The summed E-state index contributed by atoms with van der Waals surface area (Å²) in [6.45, 7) is 5.30. The molecule has 0 bridgehead atoms. The third-order valence-corrected chi connectivity index (χ3v) is 8.67. The predicted molar refractivity (Wildman–Crippen MR) is 139 cm³/mol. The Morgan fingerprint density at radius 1 is 1.03 bits per heavy atom. The Morgan fingerprint density at radius 3 is 2.43 bits per heavy atom. The highest BCUT2D eigenvalue weighted by molar-refractivity contribution is 7.89. The molecule has 0 unspecified atom stereocenters. The number of nitrogens with zero attached hydrogens (tertiary/aromatic N) is 1. The van der Waals surface area contributed by atoms with Gasteiger partial charge in [0.05, 0.1) is 4.90 Å². The van der Waals surface area contributed by atoms with Gasteiger partial charge in [-0.25, -0.2) is 18.4 Å². The van der Waals surface area contributed by atoms with Gasteiger partial charge in [0, 0.05) is 24.2 Å². The number of aryl methyl sites for hydroxylation is 1. The third kappa shape index (κ3) is 4.34. The van der Waals surface area contributed by atoms with E-state index in [9.17, 15) is 13.2 Å². The Morgan fingerprint density at radius 2 is 1.74 bits per heavy atom. The molecule has 1 spiro atoms. The molecular weight excluding hydrogens is 458 g/mol. The van der Waals surface area contributed by atoms with Gasteiger partial charge in [-0.1, -0.05) is 49.2 Å². The van der Waals surface area contributed by atoms with Crippen molar-refractivity contribution in [2.24, 2.45) is 5.14 Å². The number of hydrogen-bond donors (Lipinski definition) is 2. The average molecular weight is 490 g/mol. The fourth-order valence-corrected chi connectivity index (χ4v) is 6.15. The number of benzene rings is 3. The minimum atomic E-state index is -3.73. The third-order valence-electron chi connectivity index (χ3n) is 7.74. The number of urea groups is 1. The van der Waals surface area contributed by atoms with Gasteiger partial charge in [0.1, 0.15) is 0 Å². The molecule has 7 heteroatoms. The summed E-state index contributed by atoms with van der Waals surface area (Å²) in [5, 5.41) is 8.19. The molecule has 0 aromatic heterocycles. The number of primary sulfonamides is 1. The summed E-state index contributed by atoms with van der Waals surface area (Å²) in [4.78, 5) is 15.2. The molecule has 0 atom stereocenters. The van der Waals surface area contributed by atoms with E-state index >= 15 is 0 Å². The van der Waals surface area contributed by atoms with Crippen molar-refractivity contribution in [3.05, 3.63) is 82.9 Å². The van der Waals surface area contributed by atoms with Crippen molar-refractivity contribution in [2.75, 3.05) is 11.4 Å². The Labute approximate surface area is 207 Å². The van der Waals surface area contributed by atoms with E-state index in [0.717, 1.165) is 24.1 Å². The second-order valence-corrected chi connectivity index (χ2v) is 11.5. The predicted octanol–water partition coefficient (Wildman–Crippen LogP) is 5.16. The number of anilines is 1. The molecule has 2 amide bonds. The number of amides is 2. The lowest BCUT2D eigenvalue weighted by Crippen LogP contribution is -2.41. The number of rotatable bonds is 4. The highest BCUT2D eigenvalue weighted by Gasteiger charge is 2.46. The van der Waals surface area contributed by atoms with Crippen LogP contribution in [0.5, 0.6) is 0 Å². The maximum atomic E-state index is 13.3. The minimum Gasteiger partial charge on any atom is -0.334 e. The van der Waals surface area contributed by atoms with Gasteiger partial charge in [-0.05, 0) is 84.3 Å². The van der Waals surface area contributed by atoms with E-state index in [1.807, 2.05) is 4.90 Å². The number of carbonyl (C=O) groups is 1. The van der Waals surface area contributed by atoms with Gasteiger partial charge in [-0.2, -0.15) is 0 Å². The maximum Gasteiger partial charge on any atom is 0.322 e. The van der Waals surface area contributed by atoms with E-state index in [1.165, 1.54) is 52.8 Å². The normalized spacial score (nSPS) is 16.5. The van der Waals surface area contributed by atoms with Crippen LogP contribution in [0.3, 0.4) is 0 Å². The van der Waals surface area contributed by atoms with Crippen LogP contribution in [-0.4, -0.2) is 21.0 Å². The van der Waals surface area contributed by atoms with E-state index in [0.29, 0.717) is 13.1 Å². The van der Waals surface area contributed by atoms with Crippen LogP contribution in [0.1, 0.15) is 47.9 Å². The SMILES string of the molecule is Cc1cccc(-c2ccc3c(c2)C2(CCCC2)CN3C(=O)NCc2ccc(S(N)(=O)=O)cc2)c1C. The van der Waals surface area contributed by atoms with E-state index in [2.05, 4.69) is 55.6 Å². The summed E-state index contributed by atoms with van der Waals surface area (Å²) in [6, 6.07) is 19.1. The monoisotopic (exact) mass is 489 g/mol. The number of nitrogens with two attached hydrogens (primary N) is 1. The number of hydrogen-bond acceptors (Lipinski definition) is 3. The molecule has 0 radical (unpaired) electrons. The molecule has 1 fully saturated rings. The lowest BCUT2D eigenvalue weighted by molar-refractivity contribution is 0.245. The van der Waals surface area contributed by atoms with Crippen molar-refractivity contribution < 1.29 is 13.2 Å². The van der Waals surface area contributed by atoms with E-state index < -0.39 is 10.0 Å². The van der Waals surface area contributed by atoms with Crippen molar-refractivity contribution in [3.63, 3.8) is 0 Å². The summed E-state index contributed by atoms with van der Waals surface area (Å²) in [7, 11) is -3.73. The van der Waals surface area contributed by atoms with Gasteiger partial charge in [0.15, 0.2) is 0 Å². The summed E-state index contributed by atoms with van der Waals surface area (Å²) in [5.41, 5.74) is 8.10. The molecular formula is C28H31N3O3S. The first kappa shape index (κ1) is 23.6. The molecule has 3 N–H and O–H groups in total. The average Bonchev–Trinajstić information content (AvgIpc) is 3.44. The quantitative estimate of drug-likeness (QED) is 0.530. The first-order valence-corrected chi connectivity index (χ1v) is 13.6. The van der Waals surface area contributed by atoms with Crippen LogP contribution in [0.4, 0.5) is 10.5 Å². The van der Waals surface area contributed by atoms with E-state index in [-0.39, 0.29) is 16.3 Å². The van der Waals surface area contributed by atoms with Gasteiger partial charge >= 0.3 is 6.03 Å². The van der Waals surface area contributed by atoms with Crippen LogP contribution >= 0.6 is 0 Å². The van der Waals surface area contributed by atoms with Crippen molar-refractivity contribution in [1.82, 2.24) is 5.32 Å². The van der Waals surface area contributed by atoms with Crippen molar-refractivity contribution >= 4 is 21.7 Å². The molecule has 5 rings (SSSR count). The van der Waals surface area contributed by atoms with Crippen LogP contribution in [-0.2, 0) is 22.0 Å². The van der Waals surface area contributed by atoms with Crippen molar-refractivity contribution in [1.29, 1.82) is 0 Å². The van der Waals surface area contributed by atoms with Gasteiger partial charge < -0.3 is 5.32 Å². The molecule has 2 aliphatic rings.